The fraction of sp³-hybridized carbons (Fsp3) is 0.632. The van der Waals surface area contributed by atoms with Crippen molar-refractivity contribution in [2.75, 3.05) is 0 Å². The van der Waals surface area contributed by atoms with Crippen LogP contribution in [0.4, 0.5) is 4.79 Å². The van der Waals surface area contributed by atoms with Crippen molar-refractivity contribution < 1.29 is 19.1 Å². The second-order valence-corrected chi connectivity index (χ2v) is 16.6. The molecule has 5 aliphatic carbocycles. The Labute approximate surface area is 262 Å². The smallest absolute Gasteiger partial charge is 0.407 e. The van der Waals surface area contributed by atoms with Crippen molar-refractivity contribution >= 4 is 17.7 Å². The van der Waals surface area contributed by atoms with Crippen LogP contribution < -0.4 is 5.32 Å². The first-order chi connectivity index (χ1) is 20.5. The Morgan fingerprint density at radius 3 is 2.34 bits per heavy atom. The predicted molar refractivity (Wildman–Crippen MR) is 169 cm³/mol. The normalized spacial score (nSPS) is 40.1. The van der Waals surface area contributed by atoms with Crippen LogP contribution in [0.3, 0.4) is 0 Å². The molecule has 1 N–H and O–H groups in total. The summed E-state index contributed by atoms with van der Waals surface area (Å²) < 4.78 is 5.73. The summed E-state index contributed by atoms with van der Waals surface area (Å²) in [5, 5.41) is 13.3. The quantitative estimate of drug-likeness (QED) is 0.383. The molecule has 6 nitrogen and oxygen atoms in total. The number of alkyl carbamates (subject to hydrolysis) is 1. The van der Waals surface area contributed by atoms with Crippen LogP contribution in [0, 0.1) is 56.2 Å². The molecule has 234 valence electrons. The molecular weight excluding hydrogens is 548 g/mol. The van der Waals surface area contributed by atoms with E-state index in [1.807, 2.05) is 56.3 Å². The molecule has 0 aliphatic heterocycles. The zero-order chi connectivity index (χ0) is 31.9. The lowest BCUT2D eigenvalue weighted by Crippen LogP contribution is -2.69. The van der Waals surface area contributed by atoms with E-state index in [-0.39, 0.29) is 57.7 Å². The molecule has 3 saturated carbocycles. The van der Waals surface area contributed by atoms with Crippen molar-refractivity contribution in [3.05, 3.63) is 59.2 Å². The number of ether oxygens (including phenoxy) is 1. The molecule has 0 saturated heterocycles. The first kappa shape index (κ1) is 30.8. The third-order valence-electron chi connectivity index (χ3n) is 13.4. The Bertz CT molecular complexity index is 1510. The van der Waals surface area contributed by atoms with Gasteiger partial charge in [-0.05, 0) is 84.7 Å². The number of carbonyl (C=O) groups excluding carboxylic acids is 3. The third kappa shape index (κ3) is 4.28. The van der Waals surface area contributed by atoms with Crippen LogP contribution in [0.1, 0.15) is 99.0 Å². The minimum Gasteiger partial charge on any atom is -0.445 e. The number of allylic oxidation sites excluding steroid dienone is 4. The summed E-state index contributed by atoms with van der Waals surface area (Å²) in [6.07, 6.45) is 9.41. The SMILES string of the molecule is CC1(C)CCC2(NC(=O)OCc3ccccc3)CCC3(C)C(C(=O)C=C4C5(C)C=C(C#N)C(=O)C(C)(C)C5CCC43C)C2C1. The Morgan fingerprint density at radius 1 is 0.977 bits per heavy atom. The highest BCUT2D eigenvalue weighted by Crippen LogP contribution is 2.73. The lowest BCUT2D eigenvalue weighted by Gasteiger charge is -2.69. The molecule has 0 spiro atoms. The summed E-state index contributed by atoms with van der Waals surface area (Å²) in [4.78, 5) is 41.3. The highest BCUT2D eigenvalue weighted by atomic mass is 16.5. The van der Waals surface area contributed by atoms with Gasteiger partial charge in [-0.3, -0.25) is 9.59 Å². The van der Waals surface area contributed by atoms with Crippen LogP contribution in [-0.4, -0.2) is 23.2 Å². The van der Waals surface area contributed by atoms with Gasteiger partial charge < -0.3 is 10.1 Å². The molecule has 6 rings (SSSR count). The summed E-state index contributed by atoms with van der Waals surface area (Å²) in [5.74, 6) is -0.192. The van der Waals surface area contributed by atoms with Gasteiger partial charge in [-0.2, -0.15) is 5.26 Å². The fourth-order valence-electron chi connectivity index (χ4n) is 10.8. The molecule has 5 aliphatic rings. The van der Waals surface area contributed by atoms with Crippen LogP contribution in [-0.2, 0) is 20.9 Å². The topological polar surface area (TPSA) is 96.3 Å². The number of carbonyl (C=O) groups is 3. The zero-order valence-corrected chi connectivity index (χ0v) is 27.5. The third-order valence-corrected chi connectivity index (χ3v) is 13.4. The van der Waals surface area contributed by atoms with Gasteiger partial charge in [0.1, 0.15) is 12.7 Å². The number of nitrogens with one attached hydrogen (secondary N) is 1. The molecule has 0 heterocycles. The molecule has 1 amide bonds. The van der Waals surface area contributed by atoms with Gasteiger partial charge in [0.25, 0.3) is 0 Å². The molecule has 3 fully saturated rings. The zero-order valence-electron chi connectivity index (χ0n) is 27.5. The van der Waals surface area contributed by atoms with Crippen molar-refractivity contribution in [1.82, 2.24) is 5.32 Å². The predicted octanol–water partition coefficient (Wildman–Crippen LogP) is 7.88. The van der Waals surface area contributed by atoms with Gasteiger partial charge in [-0.1, -0.05) is 90.4 Å². The molecule has 0 aromatic heterocycles. The van der Waals surface area contributed by atoms with Gasteiger partial charge in [0, 0.05) is 22.3 Å². The number of rotatable bonds is 3. The highest BCUT2D eigenvalue weighted by molar-refractivity contribution is 6.04. The van der Waals surface area contributed by atoms with Crippen LogP contribution in [0.2, 0.25) is 0 Å². The molecule has 1 aromatic rings. The van der Waals surface area contributed by atoms with E-state index >= 15 is 0 Å². The van der Waals surface area contributed by atoms with Crippen molar-refractivity contribution in [3.8, 4) is 6.07 Å². The van der Waals surface area contributed by atoms with Gasteiger partial charge in [-0.25, -0.2) is 4.79 Å². The molecule has 1 aromatic carbocycles. The molecular formula is C38H48N2O4. The van der Waals surface area contributed by atoms with E-state index in [2.05, 4.69) is 46.0 Å². The number of Topliss-reactive ketones (excluding diaryl/α,β-unsaturated/α-hetero) is 1. The maximum absolute atomic E-state index is 14.7. The van der Waals surface area contributed by atoms with Crippen LogP contribution in [0.15, 0.2) is 53.6 Å². The van der Waals surface area contributed by atoms with Crippen LogP contribution in [0.5, 0.6) is 0 Å². The molecule has 7 atom stereocenters. The number of amides is 1. The number of nitrogens with zero attached hydrogens (tertiary/aromatic N) is 1. The van der Waals surface area contributed by atoms with Crippen molar-refractivity contribution in [3.63, 3.8) is 0 Å². The minimum atomic E-state index is -0.684. The van der Waals surface area contributed by atoms with Gasteiger partial charge >= 0.3 is 6.09 Å². The van der Waals surface area contributed by atoms with E-state index in [1.165, 1.54) is 0 Å². The first-order valence-electron chi connectivity index (χ1n) is 16.5. The number of hydrogen-bond donors (Lipinski definition) is 1. The van der Waals surface area contributed by atoms with E-state index in [0.717, 1.165) is 56.1 Å². The monoisotopic (exact) mass is 596 g/mol. The van der Waals surface area contributed by atoms with E-state index in [0.29, 0.717) is 0 Å². The average molecular weight is 597 g/mol. The van der Waals surface area contributed by atoms with Gasteiger partial charge in [0.05, 0.1) is 5.57 Å². The Hall–Kier alpha value is -3.20. The minimum absolute atomic E-state index is 0.0171. The highest BCUT2D eigenvalue weighted by Gasteiger charge is 2.70. The van der Waals surface area contributed by atoms with E-state index in [9.17, 15) is 19.6 Å². The Kier molecular flexibility index (Phi) is 6.93. The van der Waals surface area contributed by atoms with Crippen LogP contribution in [0.25, 0.3) is 0 Å². The summed E-state index contributed by atoms with van der Waals surface area (Å²) in [6.45, 7) is 15.5. The van der Waals surface area contributed by atoms with Gasteiger partial charge in [0.2, 0.25) is 0 Å². The first-order valence-corrected chi connectivity index (χ1v) is 16.5. The maximum Gasteiger partial charge on any atom is 0.407 e. The molecule has 44 heavy (non-hydrogen) atoms. The lowest BCUT2D eigenvalue weighted by atomic mass is 9.35. The Balaban J connectivity index is 1.39. The number of nitriles is 1. The standard InChI is InChI=1S/C38H48N2O4/c1-33(2)15-17-38(40-32(43)44-23-24-11-9-8-10-12-24)18-16-37(7)30(26(38)21-33)27(41)19-29-35(5)20-25(22-39)31(42)34(3,4)28(35)13-14-36(29,37)6/h8-12,19-20,26,28,30H,13-18,21,23H2,1-7H3,(H,40,43). The molecule has 0 bridgehead atoms. The molecule has 0 radical (unpaired) electrons. The maximum atomic E-state index is 14.7. The van der Waals surface area contributed by atoms with Gasteiger partial charge in [-0.15, -0.1) is 0 Å². The summed E-state index contributed by atoms with van der Waals surface area (Å²) >= 11 is 0. The second kappa shape index (κ2) is 9.90. The summed E-state index contributed by atoms with van der Waals surface area (Å²) in [6, 6.07) is 11.9. The fourth-order valence-corrected chi connectivity index (χ4v) is 10.8. The molecule has 7 unspecified atom stereocenters. The number of ketones is 2. The van der Waals surface area contributed by atoms with Crippen LogP contribution >= 0.6 is 0 Å². The number of benzene rings is 1. The summed E-state index contributed by atoms with van der Waals surface area (Å²) in [5.41, 5.74) is -0.0536. The van der Waals surface area contributed by atoms with E-state index in [4.69, 9.17) is 4.74 Å². The van der Waals surface area contributed by atoms with Crippen molar-refractivity contribution in [2.45, 2.75) is 106 Å². The number of fused-ring (bicyclic) bond motifs is 7. The van der Waals surface area contributed by atoms with E-state index < -0.39 is 22.5 Å². The molecule has 6 heteroatoms. The Morgan fingerprint density at radius 2 is 1.66 bits per heavy atom. The second-order valence-electron chi connectivity index (χ2n) is 16.6. The van der Waals surface area contributed by atoms with Crippen molar-refractivity contribution in [1.29, 1.82) is 5.26 Å². The van der Waals surface area contributed by atoms with E-state index in [1.54, 1.807) is 0 Å². The summed E-state index contributed by atoms with van der Waals surface area (Å²) in [7, 11) is 0. The average Bonchev–Trinajstić information content (AvgIpc) is 2.96. The number of hydrogen-bond acceptors (Lipinski definition) is 5. The lowest BCUT2D eigenvalue weighted by molar-refractivity contribution is -0.161. The van der Waals surface area contributed by atoms with Gasteiger partial charge in [0.15, 0.2) is 11.6 Å². The van der Waals surface area contributed by atoms with Crippen molar-refractivity contribution in [2.24, 2.45) is 44.8 Å². The largest absolute Gasteiger partial charge is 0.445 e.